The standard InChI is InChI=1S/C27H21N3O4/c31-27(32)20-15-30(16-20)14-19-11-12-23(22-5-2-1-4-21(19)22)25-28-26(34-29-25)18-9-7-17(8-10-18)24-6-3-13-33-24/h1-13,20H,14-16H2,(H,31,32). The van der Waals surface area contributed by atoms with Crippen LogP contribution in [0.2, 0.25) is 0 Å². The number of carboxylic acids is 1. The molecule has 1 fully saturated rings. The maximum absolute atomic E-state index is 11.1. The van der Waals surface area contributed by atoms with E-state index >= 15 is 0 Å². The number of carbonyl (C=O) groups is 1. The van der Waals surface area contributed by atoms with E-state index in [2.05, 4.69) is 33.2 Å². The Kier molecular flexibility index (Phi) is 4.96. The van der Waals surface area contributed by atoms with Crippen LogP contribution < -0.4 is 0 Å². The number of fused-ring (bicyclic) bond motifs is 1. The lowest BCUT2D eigenvalue weighted by atomic mass is 9.95. The second kappa shape index (κ2) is 8.28. The fourth-order valence-electron chi connectivity index (χ4n) is 4.46. The molecule has 0 bridgehead atoms. The van der Waals surface area contributed by atoms with E-state index in [1.165, 1.54) is 0 Å². The molecule has 1 saturated heterocycles. The molecule has 168 valence electrons. The first-order chi connectivity index (χ1) is 16.7. The Balaban J connectivity index is 1.28. The molecule has 1 N–H and O–H groups in total. The van der Waals surface area contributed by atoms with Crippen molar-refractivity contribution in [2.24, 2.45) is 5.92 Å². The first kappa shape index (κ1) is 20.4. The largest absolute Gasteiger partial charge is 0.481 e. The lowest BCUT2D eigenvalue weighted by molar-refractivity contribution is -0.147. The molecule has 3 aromatic carbocycles. The van der Waals surface area contributed by atoms with E-state index < -0.39 is 5.97 Å². The van der Waals surface area contributed by atoms with E-state index in [9.17, 15) is 4.79 Å². The van der Waals surface area contributed by atoms with E-state index in [0.717, 1.165) is 38.8 Å². The van der Waals surface area contributed by atoms with Crippen molar-refractivity contribution in [3.63, 3.8) is 0 Å². The van der Waals surface area contributed by atoms with Crippen molar-refractivity contribution < 1.29 is 18.8 Å². The van der Waals surface area contributed by atoms with Crippen LogP contribution >= 0.6 is 0 Å². The van der Waals surface area contributed by atoms with Crippen LogP contribution in [0.25, 0.3) is 44.9 Å². The first-order valence-electron chi connectivity index (χ1n) is 11.1. The predicted molar refractivity (Wildman–Crippen MR) is 127 cm³/mol. The van der Waals surface area contributed by atoms with Crippen molar-refractivity contribution in [1.29, 1.82) is 0 Å². The molecule has 0 spiro atoms. The molecule has 0 radical (unpaired) electrons. The number of rotatable bonds is 6. The van der Waals surface area contributed by atoms with Crippen LogP contribution in [0.3, 0.4) is 0 Å². The second-order valence-electron chi connectivity index (χ2n) is 8.52. The lowest BCUT2D eigenvalue weighted by Gasteiger charge is -2.36. The highest BCUT2D eigenvalue weighted by molar-refractivity contribution is 5.97. The van der Waals surface area contributed by atoms with Crippen LogP contribution in [-0.4, -0.2) is 39.2 Å². The van der Waals surface area contributed by atoms with Gasteiger partial charge in [-0.25, -0.2) is 0 Å². The molecule has 1 aliphatic heterocycles. The molecule has 0 aliphatic carbocycles. The van der Waals surface area contributed by atoms with Crippen molar-refractivity contribution in [3.8, 4) is 34.2 Å². The number of aromatic nitrogens is 2. The van der Waals surface area contributed by atoms with Gasteiger partial charge < -0.3 is 14.0 Å². The third kappa shape index (κ3) is 3.66. The van der Waals surface area contributed by atoms with Crippen molar-refractivity contribution in [3.05, 3.63) is 84.6 Å². The minimum Gasteiger partial charge on any atom is -0.481 e. The molecule has 34 heavy (non-hydrogen) atoms. The fraction of sp³-hybridized carbons (Fsp3) is 0.148. The molecular weight excluding hydrogens is 430 g/mol. The van der Waals surface area contributed by atoms with Gasteiger partial charge in [0.25, 0.3) is 5.89 Å². The minimum absolute atomic E-state index is 0.267. The highest BCUT2D eigenvalue weighted by atomic mass is 16.5. The zero-order valence-electron chi connectivity index (χ0n) is 18.2. The van der Waals surface area contributed by atoms with Gasteiger partial charge in [-0.2, -0.15) is 4.98 Å². The number of hydrogen-bond acceptors (Lipinski definition) is 6. The molecule has 0 amide bonds. The van der Waals surface area contributed by atoms with E-state index in [-0.39, 0.29) is 5.92 Å². The number of likely N-dealkylation sites (tertiary alicyclic amines) is 1. The number of nitrogens with zero attached hydrogens (tertiary/aromatic N) is 3. The van der Waals surface area contributed by atoms with Gasteiger partial charge in [-0.05, 0) is 40.6 Å². The molecule has 3 heterocycles. The molecule has 1 aliphatic rings. The number of furan rings is 1. The van der Waals surface area contributed by atoms with Crippen molar-refractivity contribution in [1.82, 2.24) is 15.0 Å². The minimum atomic E-state index is -0.722. The van der Waals surface area contributed by atoms with Gasteiger partial charge in [-0.1, -0.05) is 53.7 Å². The molecule has 6 rings (SSSR count). The zero-order chi connectivity index (χ0) is 23.1. The molecular formula is C27H21N3O4. The van der Waals surface area contributed by atoms with Crippen molar-refractivity contribution in [2.75, 3.05) is 13.1 Å². The lowest BCUT2D eigenvalue weighted by Crippen LogP contribution is -2.49. The van der Waals surface area contributed by atoms with Crippen LogP contribution in [0.4, 0.5) is 0 Å². The van der Waals surface area contributed by atoms with Crippen LogP contribution in [0.5, 0.6) is 0 Å². The second-order valence-corrected chi connectivity index (χ2v) is 8.52. The van der Waals surface area contributed by atoms with Gasteiger partial charge in [0.1, 0.15) is 5.76 Å². The van der Waals surface area contributed by atoms with E-state index in [1.54, 1.807) is 6.26 Å². The Morgan fingerprint density at radius 2 is 1.71 bits per heavy atom. The quantitative estimate of drug-likeness (QED) is 0.373. The summed E-state index contributed by atoms with van der Waals surface area (Å²) in [6.45, 7) is 1.88. The van der Waals surface area contributed by atoms with Crippen LogP contribution in [0.15, 0.2) is 88.0 Å². The zero-order valence-corrected chi connectivity index (χ0v) is 18.2. The first-order valence-corrected chi connectivity index (χ1v) is 11.1. The Labute approximate surface area is 195 Å². The van der Waals surface area contributed by atoms with Crippen LogP contribution in [0, 0.1) is 5.92 Å². The summed E-state index contributed by atoms with van der Waals surface area (Å²) in [7, 11) is 0. The third-order valence-corrected chi connectivity index (χ3v) is 6.32. The van der Waals surface area contributed by atoms with Gasteiger partial charge in [0.2, 0.25) is 5.82 Å². The average Bonchev–Trinajstić information content (AvgIpc) is 3.54. The third-order valence-electron chi connectivity index (χ3n) is 6.32. The molecule has 2 aromatic heterocycles. The smallest absolute Gasteiger partial charge is 0.309 e. The van der Waals surface area contributed by atoms with Crippen molar-refractivity contribution >= 4 is 16.7 Å². The summed E-state index contributed by atoms with van der Waals surface area (Å²) in [5, 5.41) is 15.5. The van der Waals surface area contributed by atoms with Crippen LogP contribution in [0.1, 0.15) is 5.56 Å². The molecule has 7 nitrogen and oxygen atoms in total. The molecule has 0 unspecified atom stereocenters. The Morgan fingerprint density at radius 3 is 2.44 bits per heavy atom. The number of hydrogen-bond donors (Lipinski definition) is 1. The summed E-state index contributed by atoms with van der Waals surface area (Å²) in [5.41, 5.74) is 3.86. The maximum Gasteiger partial charge on any atom is 0.309 e. The van der Waals surface area contributed by atoms with Gasteiger partial charge in [0, 0.05) is 36.3 Å². The van der Waals surface area contributed by atoms with Gasteiger partial charge in [-0.15, -0.1) is 0 Å². The predicted octanol–water partition coefficient (Wildman–Crippen LogP) is 5.33. The van der Waals surface area contributed by atoms with Crippen LogP contribution in [-0.2, 0) is 11.3 Å². The van der Waals surface area contributed by atoms with Gasteiger partial charge in [-0.3, -0.25) is 9.69 Å². The number of aliphatic carboxylic acids is 1. The van der Waals surface area contributed by atoms with Crippen molar-refractivity contribution in [2.45, 2.75) is 6.54 Å². The maximum atomic E-state index is 11.1. The average molecular weight is 451 g/mol. The topological polar surface area (TPSA) is 92.6 Å². The summed E-state index contributed by atoms with van der Waals surface area (Å²) >= 11 is 0. The molecule has 5 aromatic rings. The summed E-state index contributed by atoms with van der Waals surface area (Å²) in [6, 6.07) is 23.8. The normalized spacial score (nSPS) is 14.4. The Bertz CT molecular complexity index is 1470. The van der Waals surface area contributed by atoms with Gasteiger partial charge in [0.15, 0.2) is 0 Å². The number of carboxylic acid groups (broad SMARTS) is 1. The van der Waals surface area contributed by atoms with E-state index in [0.29, 0.717) is 31.3 Å². The van der Waals surface area contributed by atoms with Gasteiger partial charge >= 0.3 is 5.97 Å². The SMILES string of the molecule is O=C(O)C1CN(Cc2ccc(-c3noc(-c4ccc(-c5ccco5)cc4)n3)c3ccccc23)C1. The summed E-state index contributed by atoms with van der Waals surface area (Å²) in [4.78, 5) is 17.9. The fourth-order valence-corrected chi connectivity index (χ4v) is 4.46. The highest BCUT2D eigenvalue weighted by Crippen LogP contribution is 2.32. The molecule has 0 saturated carbocycles. The number of benzene rings is 3. The van der Waals surface area contributed by atoms with E-state index in [1.807, 2.05) is 54.6 Å². The molecule has 7 heteroatoms. The summed E-state index contributed by atoms with van der Waals surface area (Å²) in [5.74, 6) is 0.801. The highest BCUT2D eigenvalue weighted by Gasteiger charge is 2.32. The summed E-state index contributed by atoms with van der Waals surface area (Å²) in [6.07, 6.45) is 1.65. The van der Waals surface area contributed by atoms with E-state index in [4.69, 9.17) is 14.0 Å². The Morgan fingerprint density at radius 1 is 0.941 bits per heavy atom. The monoisotopic (exact) mass is 451 g/mol. The molecule has 0 atom stereocenters. The summed E-state index contributed by atoms with van der Waals surface area (Å²) < 4.78 is 11.0. The Hall–Kier alpha value is -4.23. The van der Waals surface area contributed by atoms with Gasteiger partial charge in [0.05, 0.1) is 12.2 Å².